The molecule has 0 fully saturated rings. The highest BCUT2D eigenvalue weighted by molar-refractivity contribution is 7.99. The average Bonchev–Trinajstić information content (AvgIpc) is 2.83. The molecule has 0 aliphatic heterocycles. The van der Waals surface area contributed by atoms with Crippen molar-refractivity contribution in [3.63, 3.8) is 0 Å². The van der Waals surface area contributed by atoms with E-state index in [9.17, 15) is 4.79 Å². The fraction of sp³-hybridized carbons (Fsp3) is 0.231. The minimum Gasteiger partial charge on any atom is -0.490 e. The molecule has 0 spiro atoms. The highest BCUT2D eigenvalue weighted by Gasteiger charge is 2.12. The van der Waals surface area contributed by atoms with E-state index in [0.29, 0.717) is 24.7 Å². The monoisotopic (exact) mass is 448 g/mol. The topological polar surface area (TPSA) is 59.9 Å². The van der Waals surface area contributed by atoms with Crippen LogP contribution in [0.2, 0.25) is 0 Å². The Morgan fingerprint density at radius 2 is 1.66 bits per heavy atom. The van der Waals surface area contributed by atoms with E-state index in [1.807, 2.05) is 80.6 Å². The van der Waals surface area contributed by atoms with E-state index >= 15 is 0 Å². The van der Waals surface area contributed by atoms with Gasteiger partial charge in [-0.05, 0) is 48.7 Å². The molecule has 0 aliphatic carbocycles. The van der Waals surface area contributed by atoms with Crippen molar-refractivity contribution in [1.82, 2.24) is 5.43 Å². The Hall–Kier alpha value is -3.25. The first-order valence-corrected chi connectivity index (χ1v) is 11.6. The summed E-state index contributed by atoms with van der Waals surface area (Å²) in [5.74, 6) is 1.96. The van der Waals surface area contributed by atoms with E-state index in [0.717, 1.165) is 16.9 Å². The second kappa shape index (κ2) is 12.6. The lowest BCUT2D eigenvalue weighted by molar-refractivity contribution is -0.120. The number of hydrogen-bond donors (Lipinski definition) is 1. The zero-order valence-corrected chi connectivity index (χ0v) is 19.2. The van der Waals surface area contributed by atoms with Crippen LogP contribution in [0.25, 0.3) is 0 Å². The Morgan fingerprint density at radius 1 is 0.969 bits per heavy atom. The number of thioether (sulfide) groups is 1. The summed E-state index contributed by atoms with van der Waals surface area (Å²) >= 11 is 1.58. The third kappa shape index (κ3) is 7.46. The Labute approximate surface area is 193 Å². The normalized spacial score (nSPS) is 11.8. The molecule has 1 N–H and O–H groups in total. The molecule has 0 bridgehead atoms. The second-order valence-corrected chi connectivity index (χ2v) is 8.42. The molecule has 0 saturated carbocycles. The van der Waals surface area contributed by atoms with Crippen LogP contribution in [0.3, 0.4) is 0 Å². The SMILES string of the molecule is CCOc1cc(/C=N/NC(=O)C(C)SCc2ccccc2)ccc1OCc1ccccc1. The molecule has 3 rings (SSSR count). The Balaban J connectivity index is 1.53. The van der Waals surface area contributed by atoms with E-state index in [1.165, 1.54) is 5.56 Å². The number of carbonyl (C=O) groups excluding carboxylic acids is 1. The van der Waals surface area contributed by atoms with Gasteiger partial charge in [0.25, 0.3) is 5.91 Å². The summed E-state index contributed by atoms with van der Waals surface area (Å²) in [7, 11) is 0. The van der Waals surface area contributed by atoms with Crippen LogP contribution in [0.1, 0.15) is 30.5 Å². The minimum absolute atomic E-state index is 0.130. The molecule has 6 heteroatoms. The lowest BCUT2D eigenvalue weighted by Crippen LogP contribution is -2.27. The molecule has 32 heavy (non-hydrogen) atoms. The van der Waals surface area contributed by atoms with Crippen LogP contribution in [0.5, 0.6) is 11.5 Å². The highest BCUT2D eigenvalue weighted by atomic mass is 32.2. The summed E-state index contributed by atoms with van der Waals surface area (Å²) in [6.07, 6.45) is 1.61. The number of hydrogen-bond acceptors (Lipinski definition) is 5. The summed E-state index contributed by atoms with van der Waals surface area (Å²) in [4.78, 5) is 12.3. The first-order chi connectivity index (χ1) is 15.7. The van der Waals surface area contributed by atoms with Gasteiger partial charge in [0.15, 0.2) is 11.5 Å². The second-order valence-electron chi connectivity index (χ2n) is 7.09. The van der Waals surface area contributed by atoms with Crippen LogP contribution in [0.4, 0.5) is 0 Å². The van der Waals surface area contributed by atoms with E-state index < -0.39 is 0 Å². The molecule has 3 aromatic rings. The number of rotatable bonds is 11. The molecule has 0 aliphatic rings. The summed E-state index contributed by atoms with van der Waals surface area (Å²) in [5, 5.41) is 3.90. The number of carbonyl (C=O) groups is 1. The molecule has 0 aromatic heterocycles. The minimum atomic E-state index is -0.208. The van der Waals surface area contributed by atoms with Crippen molar-refractivity contribution in [3.8, 4) is 11.5 Å². The van der Waals surface area contributed by atoms with Crippen molar-refractivity contribution in [2.45, 2.75) is 31.5 Å². The van der Waals surface area contributed by atoms with Crippen molar-refractivity contribution in [3.05, 3.63) is 95.6 Å². The van der Waals surface area contributed by atoms with Crippen LogP contribution in [0.15, 0.2) is 84.0 Å². The molecule has 166 valence electrons. The number of amides is 1. The van der Waals surface area contributed by atoms with Gasteiger partial charge in [0.1, 0.15) is 6.61 Å². The van der Waals surface area contributed by atoms with Gasteiger partial charge >= 0.3 is 0 Å². The molecular formula is C26H28N2O3S. The zero-order chi connectivity index (χ0) is 22.6. The molecule has 1 unspecified atom stereocenters. The largest absolute Gasteiger partial charge is 0.490 e. The molecule has 1 amide bonds. The molecule has 5 nitrogen and oxygen atoms in total. The number of benzene rings is 3. The lowest BCUT2D eigenvalue weighted by Gasteiger charge is -2.13. The third-order valence-corrected chi connectivity index (χ3v) is 5.82. The van der Waals surface area contributed by atoms with Crippen molar-refractivity contribution in [1.29, 1.82) is 0 Å². The van der Waals surface area contributed by atoms with Crippen molar-refractivity contribution >= 4 is 23.9 Å². The van der Waals surface area contributed by atoms with E-state index in [4.69, 9.17) is 9.47 Å². The zero-order valence-electron chi connectivity index (χ0n) is 18.4. The van der Waals surface area contributed by atoms with Gasteiger partial charge in [0.2, 0.25) is 0 Å². The van der Waals surface area contributed by atoms with Gasteiger partial charge in [-0.1, -0.05) is 60.7 Å². The first-order valence-electron chi connectivity index (χ1n) is 10.6. The first kappa shape index (κ1) is 23.4. The molecule has 0 radical (unpaired) electrons. The van der Waals surface area contributed by atoms with Crippen LogP contribution in [-0.2, 0) is 17.2 Å². The number of nitrogens with zero attached hydrogens (tertiary/aromatic N) is 1. The van der Waals surface area contributed by atoms with Crippen molar-refractivity contribution in [2.75, 3.05) is 6.61 Å². The van der Waals surface area contributed by atoms with Gasteiger partial charge in [-0.3, -0.25) is 4.79 Å². The summed E-state index contributed by atoms with van der Waals surface area (Å²) in [5.41, 5.74) is 5.71. The molecule has 1 atom stereocenters. The van der Waals surface area contributed by atoms with Crippen molar-refractivity contribution < 1.29 is 14.3 Å². The van der Waals surface area contributed by atoms with Gasteiger partial charge in [0.05, 0.1) is 18.1 Å². The summed E-state index contributed by atoms with van der Waals surface area (Å²) < 4.78 is 11.7. The van der Waals surface area contributed by atoms with E-state index in [2.05, 4.69) is 22.7 Å². The fourth-order valence-electron chi connectivity index (χ4n) is 2.86. The lowest BCUT2D eigenvalue weighted by atomic mass is 10.2. The number of nitrogens with one attached hydrogen (secondary N) is 1. The van der Waals surface area contributed by atoms with Gasteiger partial charge in [-0.2, -0.15) is 5.10 Å². The van der Waals surface area contributed by atoms with E-state index in [-0.39, 0.29) is 11.2 Å². The van der Waals surface area contributed by atoms with Gasteiger partial charge < -0.3 is 9.47 Å². The maximum Gasteiger partial charge on any atom is 0.252 e. The van der Waals surface area contributed by atoms with Crippen LogP contribution >= 0.6 is 11.8 Å². The molecule has 0 heterocycles. The Morgan fingerprint density at radius 3 is 2.34 bits per heavy atom. The van der Waals surface area contributed by atoms with Crippen molar-refractivity contribution in [2.24, 2.45) is 5.10 Å². The van der Waals surface area contributed by atoms with Crippen LogP contribution in [0, 0.1) is 0 Å². The average molecular weight is 449 g/mol. The van der Waals surface area contributed by atoms with Crippen LogP contribution in [-0.4, -0.2) is 24.0 Å². The fourth-order valence-corrected chi connectivity index (χ4v) is 3.70. The van der Waals surface area contributed by atoms with Crippen LogP contribution < -0.4 is 14.9 Å². The molecule has 3 aromatic carbocycles. The number of hydrazone groups is 1. The summed E-state index contributed by atoms with van der Waals surface area (Å²) in [6, 6.07) is 25.7. The van der Waals surface area contributed by atoms with Gasteiger partial charge in [-0.15, -0.1) is 11.8 Å². The predicted molar refractivity (Wildman–Crippen MR) is 131 cm³/mol. The highest BCUT2D eigenvalue weighted by Crippen LogP contribution is 2.29. The molecular weight excluding hydrogens is 420 g/mol. The van der Waals surface area contributed by atoms with Gasteiger partial charge in [0, 0.05) is 5.75 Å². The third-order valence-electron chi connectivity index (χ3n) is 4.61. The Bertz CT molecular complexity index is 1010. The molecule has 0 saturated heterocycles. The number of ether oxygens (including phenoxy) is 2. The predicted octanol–water partition coefficient (Wildman–Crippen LogP) is 5.44. The quantitative estimate of drug-likeness (QED) is 0.314. The van der Waals surface area contributed by atoms with E-state index in [1.54, 1.807) is 18.0 Å². The maximum atomic E-state index is 12.3. The standard InChI is InChI=1S/C26H28N2O3S/c1-3-30-25-16-23(14-15-24(25)31-18-21-10-6-4-7-11-21)17-27-28-26(29)20(2)32-19-22-12-8-5-9-13-22/h4-17,20H,3,18-19H2,1-2H3,(H,28,29)/b27-17+. The van der Waals surface area contributed by atoms with Gasteiger partial charge in [-0.25, -0.2) is 5.43 Å². The smallest absolute Gasteiger partial charge is 0.252 e. The summed E-state index contributed by atoms with van der Waals surface area (Å²) in [6.45, 7) is 4.79. The maximum absolute atomic E-state index is 12.3. The Kier molecular flexibility index (Phi) is 9.20.